The quantitative estimate of drug-likeness (QED) is 0.254. The van der Waals surface area contributed by atoms with Crippen molar-refractivity contribution in [3.63, 3.8) is 0 Å². The van der Waals surface area contributed by atoms with E-state index in [1.54, 1.807) is 42.1 Å². The molecule has 5 rings (SSSR count). The Labute approximate surface area is 227 Å². The highest BCUT2D eigenvalue weighted by Crippen LogP contribution is 2.40. The molecule has 202 valence electrons. The van der Waals surface area contributed by atoms with Gasteiger partial charge in [0.05, 0.1) is 17.7 Å². The number of amides is 1. The van der Waals surface area contributed by atoms with Crippen molar-refractivity contribution in [1.29, 1.82) is 0 Å². The van der Waals surface area contributed by atoms with Crippen LogP contribution < -0.4 is 10.2 Å². The van der Waals surface area contributed by atoms with Gasteiger partial charge in [0.2, 0.25) is 5.91 Å². The molecule has 1 amide bonds. The standard InChI is InChI=1S/C29H30N4O5S/c1-21-16-23(26-4-2-3-5-27(26)31-21)19-38-25-8-6-24(7-9-25)29(17-28(34)32-35)20-33(14-15-39(29,36)37)18-22-10-12-30-13-11-22/h2-13,16,35H,14-15,17-20H2,1H3,(H,32,34). The van der Waals surface area contributed by atoms with Gasteiger partial charge in [-0.3, -0.25) is 24.9 Å². The molecule has 1 unspecified atom stereocenters. The molecule has 0 bridgehead atoms. The third-order valence-electron chi connectivity index (χ3n) is 7.18. The van der Waals surface area contributed by atoms with Crippen molar-refractivity contribution in [3.05, 3.63) is 102 Å². The number of benzene rings is 2. The van der Waals surface area contributed by atoms with Crippen molar-refractivity contribution in [2.24, 2.45) is 0 Å². The second kappa shape index (κ2) is 11.1. The highest BCUT2D eigenvalue weighted by molar-refractivity contribution is 7.92. The molecular weight excluding hydrogens is 516 g/mol. The van der Waals surface area contributed by atoms with Gasteiger partial charge in [0.1, 0.15) is 17.1 Å². The van der Waals surface area contributed by atoms with Gasteiger partial charge in [0, 0.05) is 48.7 Å². The van der Waals surface area contributed by atoms with Gasteiger partial charge in [-0.25, -0.2) is 13.9 Å². The lowest BCUT2D eigenvalue weighted by Gasteiger charge is -2.42. The largest absolute Gasteiger partial charge is 0.489 e. The molecule has 1 aliphatic rings. The number of para-hydroxylation sites is 1. The number of carbonyl (C=O) groups excluding carboxylic acids is 1. The minimum absolute atomic E-state index is 0.105. The predicted octanol–water partition coefficient (Wildman–Crippen LogP) is 3.54. The van der Waals surface area contributed by atoms with E-state index in [-0.39, 0.29) is 12.3 Å². The van der Waals surface area contributed by atoms with E-state index in [1.165, 1.54) is 0 Å². The van der Waals surface area contributed by atoms with Crippen molar-refractivity contribution in [3.8, 4) is 5.75 Å². The molecule has 2 aromatic heterocycles. The average Bonchev–Trinajstić information content (AvgIpc) is 2.94. The molecule has 10 heteroatoms. The van der Waals surface area contributed by atoms with Crippen LogP contribution in [0, 0.1) is 6.92 Å². The van der Waals surface area contributed by atoms with Crippen LogP contribution in [0.1, 0.15) is 28.8 Å². The number of hydrogen-bond donors (Lipinski definition) is 2. The van der Waals surface area contributed by atoms with E-state index in [4.69, 9.17) is 4.74 Å². The number of sulfone groups is 1. The number of rotatable bonds is 8. The Morgan fingerprint density at radius 1 is 1.10 bits per heavy atom. The maximum atomic E-state index is 13.6. The zero-order valence-electron chi connectivity index (χ0n) is 21.6. The van der Waals surface area contributed by atoms with E-state index in [1.807, 2.05) is 54.3 Å². The highest BCUT2D eigenvalue weighted by atomic mass is 32.2. The summed E-state index contributed by atoms with van der Waals surface area (Å²) in [5.41, 5.74) is 5.88. The van der Waals surface area contributed by atoms with Crippen molar-refractivity contribution in [1.82, 2.24) is 20.3 Å². The summed E-state index contributed by atoms with van der Waals surface area (Å²) in [7, 11) is -3.74. The molecular formula is C29H30N4O5S. The molecule has 0 radical (unpaired) electrons. The number of pyridine rings is 2. The van der Waals surface area contributed by atoms with E-state index < -0.39 is 26.9 Å². The molecule has 2 N–H and O–H groups in total. The average molecular weight is 547 g/mol. The lowest BCUT2D eigenvalue weighted by molar-refractivity contribution is -0.130. The van der Waals surface area contributed by atoms with Crippen LogP contribution in [0.2, 0.25) is 0 Å². The van der Waals surface area contributed by atoms with Gasteiger partial charge in [-0.1, -0.05) is 30.3 Å². The first kappa shape index (κ1) is 26.7. The van der Waals surface area contributed by atoms with Crippen LogP contribution >= 0.6 is 0 Å². The van der Waals surface area contributed by atoms with Crippen LogP contribution in [0.3, 0.4) is 0 Å². The molecule has 1 atom stereocenters. The van der Waals surface area contributed by atoms with E-state index in [0.717, 1.165) is 27.7 Å². The zero-order chi connectivity index (χ0) is 27.5. The Morgan fingerprint density at radius 3 is 2.59 bits per heavy atom. The van der Waals surface area contributed by atoms with Gasteiger partial charge in [0.15, 0.2) is 9.84 Å². The lowest BCUT2D eigenvalue weighted by atomic mass is 9.92. The maximum absolute atomic E-state index is 13.6. The molecule has 1 aliphatic heterocycles. The van der Waals surface area contributed by atoms with Crippen LogP contribution in [0.5, 0.6) is 5.75 Å². The molecule has 0 saturated carbocycles. The van der Waals surface area contributed by atoms with E-state index >= 15 is 0 Å². The molecule has 4 aromatic rings. The summed E-state index contributed by atoms with van der Waals surface area (Å²) in [6.07, 6.45) is 2.98. The summed E-state index contributed by atoms with van der Waals surface area (Å²) >= 11 is 0. The van der Waals surface area contributed by atoms with Crippen molar-refractivity contribution < 1.29 is 23.2 Å². The maximum Gasteiger partial charge on any atom is 0.245 e. The third kappa shape index (κ3) is 5.63. The Balaban J connectivity index is 1.42. The fourth-order valence-electron chi connectivity index (χ4n) is 5.23. The summed E-state index contributed by atoms with van der Waals surface area (Å²) in [5, 5.41) is 10.3. The first-order chi connectivity index (χ1) is 18.8. The Kier molecular flexibility index (Phi) is 7.60. The van der Waals surface area contributed by atoms with Gasteiger partial charge in [-0.15, -0.1) is 0 Å². The van der Waals surface area contributed by atoms with Crippen molar-refractivity contribution >= 4 is 26.6 Å². The summed E-state index contributed by atoms with van der Waals surface area (Å²) in [4.78, 5) is 23.0. The van der Waals surface area contributed by atoms with Crippen LogP contribution in [0.25, 0.3) is 10.9 Å². The van der Waals surface area contributed by atoms with E-state index in [2.05, 4.69) is 9.97 Å². The Hall–Kier alpha value is -3.86. The number of fused-ring (bicyclic) bond motifs is 1. The smallest absolute Gasteiger partial charge is 0.245 e. The first-order valence-corrected chi connectivity index (χ1v) is 14.3. The topological polar surface area (TPSA) is 122 Å². The number of hydroxylamine groups is 1. The minimum Gasteiger partial charge on any atom is -0.489 e. The third-order valence-corrected chi connectivity index (χ3v) is 9.60. The number of carbonyl (C=O) groups is 1. The molecule has 1 fully saturated rings. The van der Waals surface area contributed by atoms with Crippen LogP contribution in [0.4, 0.5) is 0 Å². The van der Waals surface area contributed by atoms with Gasteiger partial charge in [0.25, 0.3) is 0 Å². The molecule has 0 aliphatic carbocycles. The molecule has 1 saturated heterocycles. The molecule has 0 spiro atoms. The van der Waals surface area contributed by atoms with E-state index in [0.29, 0.717) is 31.0 Å². The Morgan fingerprint density at radius 2 is 1.85 bits per heavy atom. The summed E-state index contributed by atoms with van der Waals surface area (Å²) < 4.78 is 31.7. The number of aromatic nitrogens is 2. The number of nitrogens with one attached hydrogen (secondary N) is 1. The SMILES string of the molecule is Cc1cc(COc2ccc(C3(CC(=O)NO)CN(Cc4ccncc4)CCS3(=O)=O)cc2)c2ccccc2n1. The lowest BCUT2D eigenvalue weighted by Crippen LogP contribution is -2.55. The second-order valence-electron chi connectivity index (χ2n) is 9.84. The summed E-state index contributed by atoms with van der Waals surface area (Å²) in [6, 6.07) is 20.5. The number of hydrogen-bond acceptors (Lipinski definition) is 8. The van der Waals surface area contributed by atoms with E-state index in [9.17, 15) is 18.4 Å². The zero-order valence-corrected chi connectivity index (χ0v) is 22.4. The van der Waals surface area contributed by atoms with Gasteiger partial charge in [-0.05, 0) is 54.4 Å². The fraction of sp³-hybridized carbons (Fsp3) is 0.276. The predicted molar refractivity (Wildman–Crippen MR) is 147 cm³/mol. The van der Waals surface area contributed by atoms with Gasteiger partial charge < -0.3 is 4.74 Å². The molecule has 9 nitrogen and oxygen atoms in total. The molecule has 2 aromatic carbocycles. The minimum atomic E-state index is -3.74. The molecule has 39 heavy (non-hydrogen) atoms. The van der Waals surface area contributed by atoms with Gasteiger partial charge >= 0.3 is 0 Å². The second-order valence-corrected chi connectivity index (χ2v) is 12.3. The number of ether oxygens (including phenoxy) is 1. The fourth-order valence-corrected chi connectivity index (χ4v) is 7.35. The number of nitrogens with zero attached hydrogens (tertiary/aromatic N) is 3. The monoisotopic (exact) mass is 546 g/mol. The Bertz CT molecular complexity index is 1580. The summed E-state index contributed by atoms with van der Waals surface area (Å²) in [5.74, 6) is -0.297. The van der Waals surface area contributed by atoms with Gasteiger partial charge in [-0.2, -0.15) is 0 Å². The van der Waals surface area contributed by atoms with Crippen LogP contribution in [-0.2, 0) is 32.5 Å². The first-order valence-electron chi connectivity index (χ1n) is 12.6. The van der Waals surface area contributed by atoms with Crippen molar-refractivity contribution in [2.75, 3.05) is 18.8 Å². The number of aryl methyl sites for hydroxylation is 1. The van der Waals surface area contributed by atoms with Crippen molar-refractivity contribution in [2.45, 2.75) is 31.2 Å². The summed E-state index contributed by atoms with van der Waals surface area (Å²) in [6.45, 7) is 3.22. The normalized spacial score (nSPS) is 19.0. The van der Waals surface area contributed by atoms with Crippen LogP contribution in [0.15, 0.2) is 79.1 Å². The molecule has 3 heterocycles. The van der Waals surface area contributed by atoms with Crippen LogP contribution in [-0.4, -0.2) is 53.2 Å². The highest BCUT2D eigenvalue weighted by Gasteiger charge is 2.50.